The summed E-state index contributed by atoms with van der Waals surface area (Å²) in [4.78, 5) is 0. The van der Waals surface area contributed by atoms with Crippen LogP contribution < -0.4 is 0 Å². The molecule has 0 saturated carbocycles. The van der Waals surface area contributed by atoms with Crippen LogP contribution in [-0.4, -0.2) is 34.5 Å². The molecule has 2 heteroatoms. The third-order valence-corrected chi connectivity index (χ3v) is 7.85. The maximum Gasteiger partial charge on any atom is 0.126 e. The van der Waals surface area contributed by atoms with E-state index in [-0.39, 0.29) is 0 Å². The zero-order chi connectivity index (χ0) is 9.64. The van der Waals surface area contributed by atoms with Crippen molar-refractivity contribution < 1.29 is 0 Å². The van der Waals surface area contributed by atoms with E-state index in [1.807, 2.05) is 0 Å². The van der Waals surface area contributed by atoms with Crippen molar-refractivity contribution in [3.63, 3.8) is 0 Å². The lowest BCUT2D eigenvalue weighted by Gasteiger charge is -1.96. The first kappa shape index (κ1) is 10.9. The van der Waals surface area contributed by atoms with Crippen molar-refractivity contribution in [1.82, 2.24) is 0 Å². The fourth-order valence-corrected chi connectivity index (χ4v) is 6.51. The average Bonchev–Trinajstić information content (AvgIpc) is 2.86. The van der Waals surface area contributed by atoms with E-state index in [0.29, 0.717) is 0 Å². The molecule has 0 aromatic rings. The molecule has 0 N–H and O–H groups in total. The van der Waals surface area contributed by atoms with Crippen LogP contribution in [0.3, 0.4) is 0 Å². The van der Waals surface area contributed by atoms with E-state index in [2.05, 4.69) is 12.2 Å². The van der Waals surface area contributed by atoms with Crippen molar-refractivity contribution in [3.8, 4) is 0 Å². The lowest BCUT2D eigenvalue weighted by atomic mass is 10.4. The first-order chi connectivity index (χ1) is 6.95. The van der Waals surface area contributed by atoms with E-state index < -0.39 is 0 Å². The molecule has 2 rings (SSSR count). The molecule has 0 aromatic heterocycles. The zero-order valence-corrected chi connectivity index (χ0v) is 10.7. The Morgan fingerprint density at radius 2 is 1.00 bits per heavy atom. The van der Waals surface area contributed by atoms with Gasteiger partial charge in [-0.2, -0.15) is 0 Å². The lowest BCUT2D eigenvalue weighted by Crippen LogP contribution is -2.09. The second-order valence-electron chi connectivity index (χ2n) is 4.26. The van der Waals surface area contributed by atoms with Crippen LogP contribution in [0.15, 0.2) is 12.2 Å². The maximum atomic E-state index is 2.49. The summed E-state index contributed by atoms with van der Waals surface area (Å²) in [5.41, 5.74) is 0. The summed E-state index contributed by atoms with van der Waals surface area (Å²) in [6.45, 7) is 0. The number of rotatable bonds is 4. The third kappa shape index (κ3) is 3.54. The molecular formula is C12H22S2+2. The fourth-order valence-electron chi connectivity index (χ4n) is 2.17. The smallest absolute Gasteiger partial charge is 0.0350 e. The van der Waals surface area contributed by atoms with Crippen LogP contribution in [0.2, 0.25) is 0 Å². The minimum atomic E-state index is 0.786. The number of hydrogen-bond acceptors (Lipinski definition) is 0. The Morgan fingerprint density at radius 1 is 0.643 bits per heavy atom. The normalized spacial score (nSPS) is 25.4. The summed E-state index contributed by atoms with van der Waals surface area (Å²) in [7, 11) is 1.57. The molecule has 0 unspecified atom stereocenters. The second-order valence-corrected chi connectivity index (χ2v) is 9.01. The molecule has 80 valence electrons. The molecule has 0 radical (unpaired) electrons. The van der Waals surface area contributed by atoms with Gasteiger partial charge in [-0.05, 0) is 59.6 Å². The van der Waals surface area contributed by atoms with Crippen LogP contribution >= 0.6 is 0 Å². The molecule has 0 spiro atoms. The van der Waals surface area contributed by atoms with Crippen molar-refractivity contribution in [2.75, 3.05) is 34.5 Å². The van der Waals surface area contributed by atoms with Gasteiger partial charge < -0.3 is 0 Å². The van der Waals surface area contributed by atoms with Gasteiger partial charge in [0.05, 0.1) is 0 Å². The van der Waals surface area contributed by atoms with Gasteiger partial charge in [-0.25, -0.2) is 0 Å². The van der Waals surface area contributed by atoms with Gasteiger partial charge in [0.15, 0.2) is 0 Å². The van der Waals surface area contributed by atoms with Crippen LogP contribution in [0.25, 0.3) is 0 Å². The van der Waals surface area contributed by atoms with Crippen molar-refractivity contribution in [2.45, 2.75) is 25.7 Å². The van der Waals surface area contributed by atoms with Gasteiger partial charge in [0.1, 0.15) is 34.5 Å². The van der Waals surface area contributed by atoms with Gasteiger partial charge in [-0.3, -0.25) is 0 Å². The summed E-state index contributed by atoms with van der Waals surface area (Å²) in [6, 6.07) is 0. The van der Waals surface area contributed by atoms with Crippen LogP contribution in [0.5, 0.6) is 0 Å². The van der Waals surface area contributed by atoms with E-state index in [1.165, 1.54) is 60.2 Å². The van der Waals surface area contributed by atoms with E-state index in [1.54, 1.807) is 0 Å². The highest BCUT2D eigenvalue weighted by Crippen LogP contribution is 2.15. The molecule has 0 nitrogen and oxygen atoms in total. The minimum Gasteiger partial charge on any atom is -0.0350 e. The number of hydrogen-bond donors (Lipinski definition) is 0. The van der Waals surface area contributed by atoms with E-state index in [0.717, 1.165) is 21.8 Å². The van der Waals surface area contributed by atoms with Crippen molar-refractivity contribution in [2.24, 2.45) is 0 Å². The summed E-state index contributed by atoms with van der Waals surface area (Å²) >= 11 is 0. The molecule has 14 heavy (non-hydrogen) atoms. The van der Waals surface area contributed by atoms with Gasteiger partial charge in [-0.15, -0.1) is 0 Å². The quantitative estimate of drug-likeness (QED) is 0.514. The highest BCUT2D eigenvalue weighted by molar-refractivity contribution is 7.97. The van der Waals surface area contributed by atoms with Gasteiger partial charge in [0.25, 0.3) is 0 Å². The fraction of sp³-hybridized carbons (Fsp3) is 0.833. The summed E-state index contributed by atoms with van der Waals surface area (Å²) < 4.78 is 0. The molecule has 0 atom stereocenters. The van der Waals surface area contributed by atoms with Gasteiger partial charge in [0, 0.05) is 0 Å². The molecule has 0 bridgehead atoms. The van der Waals surface area contributed by atoms with Crippen molar-refractivity contribution >= 4 is 21.8 Å². The maximum absolute atomic E-state index is 2.49. The first-order valence-electron chi connectivity index (χ1n) is 5.88. The van der Waals surface area contributed by atoms with Gasteiger partial charge >= 0.3 is 0 Å². The van der Waals surface area contributed by atoms with Gasteiger partial charge in [0.2, 0.25) is 0 Å². The van der Waals surface area contributed by atoms with Crippen LogP contribution in [0, 0.1) is 0 Å². The van der Waals surface area contributed by atoms with Gasteiger partial charge in [-0.1, -0.05) is 0 Å². The monoisotopic (exact) mass is 230 g/mol. The highest BCUT2D eigenvalue weighted by Gasteiger charge is 2.23. The predicted molar refractivity (Wildman–Crippen MR) is 71.5 cm³/mol. The van der Waals surface area contributed by atoms with E-state index in [4.69, 9.17) is 0 Å². The predicted octanol–water partition coefficient (Wildman–Crippen LogP) is 2.37. The largest absolute Gasteiger partial charge is 0.126 e. The Labute approximate surface area is 94.2 Å². The second kappa shape index (κ2) is 6.12. The Balaban J connectivity index is 1.57. The first-order valence-corrected chi connectivity index (χ1v) is 9.35. The molecule has 2 aliphatic heterocycles. The van der Waals surface area contributed by atoms with Crippen molar-refractivity contribution in [1.29, 1.82) is 0 Å². The molecule has 2 saturated heterocycles. The molecule has 0 aromatic carbocycles. The molecule has 2 heterocycles. The standard InChI is InChI=1S/C12H22S2/c1-2-8-13(7-1)11-5-6-12-14-9-3-4-10-14/h5-6H,1-4,7-12H2/q+2/b6-5+. The van der Waals surface area contributed by atoms with Crippen LogP contribution in [-0.2, 0) is 21.8 Å². The molecular weight excluding hydrogens is 208 g/mol. The Kier molecular flexibility index (Phi) is 4.78. The highest BCUT2D eigenvalue weighted by atomic mass is 32.2. The van der Waals surface area contributed by atoms with Crippen molar-refractivity contribution in [3.05, 3.63) is 12.2 Å². The molecule has 2 aliphatic rings. The zero-order valence-electron chi connectivity index (χ0n) is 9.04. The topological polar surface area (TPSA) is 0 Å². The SMILES string of the molecule is C(=C\C[S+]1CCCC1)/C[S+]1CCCC1. The summed E-state index contributed by atoms with van der Waals surface area (Å²) in [5.74, 6) is 8.90. The Bertz CT molecular complexity index is 157. The van der Waals surface area contributed by atoms with E-state index >= 15 is 0 Å². The third-order valence-electron chi connectivity index (χ3n) is 3.06. The Hall–Kier alpha value is 0.440. The summed E-state index contributed by atoms with van der Waals surface area (Å²) in [6.07, 6.45) is 11.0. The minimum absolute atomic E-state index is 0.786. The summed E-state index contributed by atoms with van der Waals surface area (Å²) in [5, 5.41) is 0. The van der Waals surface area contributed by atoms with Crippen LogP contribution in [0.4, 0.5) is 0 Å². The lowest BCUT2D eigenvalue weighted by molar-refractivity contribution is 0.949. The molecule has 2 fully saturated rings. The van der Waals surface area contributed by atoms with Crippen LogP contribution in [0.1, 0.15) is 25.7 Å². The Morgan fingerprint density at radius 3 is 1.36 bits per heavy atom. The molecule has 0 aliphatic carbocycles. The average molecular weight is 230 g/mol. The molecule has 0 amide bonds. The van der Waals surface area contributed by atoms with E-state index in [9.17, 15) is 0 Å².